The summed E-state index contributed by atoms with van der Waals surface area (Å²) in [7, 11) is 0. The lowest BCUT2D eigenvalue weighted by Gasteiger charge is -2.26. The van der Waals surface area contributed by atoms with E-state index in [1.165, 1.54) is 0 Å². The van der Waals surface area contributed by atoms with Crippen molar-refractivity contribution >= 4 is 5.91 Å². The molecule has 1 saturated carbocycles. The highest BCUT2D eigenvalue weighted by Crippen LogP contribution is 2.47. The minimum atomic E-state index is -0.697. The maximum Gasteiger partial charge on any atom is 0.257 e. The van der Waals surface area contributed by atoms with Crippen LogP contribution in [0.3, 0.4) is 0 Å². The van der Waals surface area contributed by atoms with E-state index < -0.39 is 5.60 Å². The molecule has 5 nitrogen and oxygen atoms in total. The number of carbonyl (C=O) groups excluding carboxylic acids is 1. The second-order valence-electron chi connectivity index (χ2n) is 7.50. The molecule has 0 aromatic carbocycles. The van der Waals surface area contributed by atoms with Crippen molar-refractivity contribution in [1.82, 2.24) is 9.80 Å². The zero-order chi connectivity index (χ0) is 17.5. The molecule has 1 amide bonds. The van der Waals surface area contributed by atoms with E-state index in [2.05, 4.69) is 25.7 Å². The van der Waals surface area contributed by atoms with E-state index in [0.29, 0.717) is 30.3 Å². The van der Waals surface area contributed by atoms with Gasteiger partial charge >= 0.3 is 0 Å². The lowest BCUT2D eigenvalue weighted by molar-refractivity contribution is -0.00365. The Morgan fingerprint density at radius 3 is 2.67 bits per heavy atom. The summed E-state index contributed by atoms with van der Waals surface area (Å²) in [5, 5.41) is 10.9. The molecule has 3 rings (SSSR count). The first-order valence-electron chi connectivity index (χ1n) is 9.22. The van der Waals surface area contributed by atoms with Crippen LogP contribution in [-0.4, -0.2) is 52.6 Å². The third-order valence-electron chi connectivity index (χ3n) is 5.84. The number of furan rings is 1. The van der Waals surface area contributed by atoms with Crippen LogP contribution in [0.25, 0.3) is 0 Å². The van der Waals surface area contributed by atoms with Gasteiger partial charge in [0.1, 0.15) is 11.5 Å². The first kappa shape index (κ1) is 17.5. The normalized spacial score (nSPS) is 27.2. The summed E-state index contributed by atoms with van der Waals surface area (Å²) < 4.78 is 5.82. The Bertz CT molecular complexity index is 604. The highest BCUT2D eigenvalue weighted by atomic mass is 16.3. The average molecular weight is 334 g/mol. The van der Waals surface area contributed by atoms with Crippen molar-refractivity contribution in [3.05, 3.63) is 23.2 Å². The fourth-order valence-electron chi connectivity index (χ4n) is 3.96. The van der Waals surface area contributed by atoms with E-state index in [1.807, 2.05) is 17.9 Å². The van der Waals surface area contributed by atoms with E-state index >= 15 is 0 Å². The molecule has 1 saturated heterocycles. The van der Waals surface area contributed by atoms with Gasteiger partial charge in [0, 0.05) is 12.5 Å². The molecule has 5 heteroatoms. The van der Waals surface area contributed by atoms with Crippen LogP contribution in [0.2, 0.25) is 0 Å². The van der Waals surface area contributed by atoms with Crippen molar-refractivity contribution in [2.75, 3.05) is 26.2 Å². The Balaban J connectivity index is 1.72. The summed E-state index contributed by atoms with van der Waals surface area (Å²) in [6.45, 7) is 11.9. The maximum atomic E-state index is 12.9. The number of carbonyl (C=O) groups is 1. The number of aryl methyl sites for hydroxylation is 1. The van der Waals surface area contributed by atoms with Crippen LogP contribution in [0.1, 0.15) is 55.5 Å². The summed E-state index contributed by atoms with van der Waals surface area (Å²) in [6.07, 6.45) is 2.17. The van der Waals surface area contributed by atoms with Crippen LogP contribution >= 0.6 is 0 Å². The molecule has 0 unspecified atom stereocenters. The van der Waals surface area contributed by atoms with Crippen LogP contribution < -0.4 is 0 Å². The van der Waals surface area contributed by atoms with Gasteiger partial charge in [0.15, 0.2) is 0 Å². The van der Waals surface area contributed by atoms with Gasteiger partial charge in [-0.05, 0) is 44.8 Å². The Labute approximate surface area is 144 Å². The molecule has 2 heterocycles. The van der Waals surface area contributed by atoms with Crippen molar-refractivity contribution in [1.29, 1.82) is 0 Å². The van der Waals surface area contributed by atoms with Gasteiger partial charge in [0.05, 0.1) is 24.3 Å². The van der Waals surface area contributed by atoms with Gasteiger partial charge in [0.25, 0.3) is 5.91 Å². The maximum absolute atomic E-state index is 12.9. The minimum Gasteiger partial charge on any atom is -0.464 e. The van der Waals surface area contributed by atoms with Crippen LogP contribution in [0.5, 0.6) is 0 Å². The molecule has 0 bridgehead atoms. The predicted octanol–water partition coefficient (Wildman–Crippen LogP) is 2.66. The molecule has 24 heavy (non-hydrogen) atoms. The number of β-amino-alcohol motifs (C(OH)–C–C–N with tert-alkyl or cyclic N) is 1. The Morgan fingerprint density at radius 1 is 1.42 bits per heavy atom. The highest BCUT2D eigenvalue weighted by molar-refractivity contribution is 5.95. The van der Waals surface area contributed by atoms with Crippen molar-refractivity contribution < 1.29 is 14.3 Å². The molecule has 1 N–H and O–H groups in total. The van der Waals surface area contributed by atoms with Gasteiger partial charge in [0.2, 0.25) is 0 Å². The summed E-state index contributed by atoms with van der Waals surface area (Å²) in [5.74, 6) is 2.01. The van der Waals surface area contributed by atoms with E-state index in [9.17, 15) is 9.90 Å². The van der Waals surface area contributed by atoms with Gasteiger partial charge < -0.3 is 14.4 Å². The molecule has 134 valence electrons. The zero-order valence-corrected chi connectivity index (χ0v) is 15.3. The number of nitrogens with zero attached hydrogens (tertiary/aromatic N) is 2. The summed E-state index contributed by atoms with van der Waals surface area (Å²) >= 11 is 0. The van der Waals surface area contributed by atoms with Gasteiger partial charge in [-0.3, -0.25) is 9.69 Å². The molecule has 2 fully saturated rings. The number of likely N-dealkylation sites (tertiary alicyclic amines) is 1. The molecular weight excluding hydrogens is 304 g/mol. The van der Waals surface area contributed by atoms with E-state index in [1.54, 1.807) is 0 Å². The molecule has 1 aliphatic carbocycles. The second kappa shape index (κ2) is 6.52. The number of amides is 1. The fraction of sp³-hybridized carbons (Fsp3) is 0.737. The monoisotopic (exact) mass is 334 g/mol. The lowest BCUT2D eigenvalue weighted by atomic mass is 9.88. The topological polar surface area (TPSA) is 56.9 Å². The van der Waals surface area contributed by atoms with Crippen molar-refractivity contribution in [2.45, 2.75) is 52.7 Å². The molecule has 1 aliphatic heterocycles. The Kier molecular flexibility index (Phi) is 4.76. The van der Waals surface area contributed by atoms with Crippen LogP contribution in [0, 0.1) is 18.8 Å². The van der Waals surface area contributed by atoms with Gasteiger partial charge in [-0.25, -0.2) is 0 Å². The van der Waals surface area contributed by atoms with Crippen molar-refractivity contribution in [3.63, 3.8) is 0 Å². The average Bonchev–Trinajstić information content (AvgIpc) is 3.29. The van der Waals surface area contributed by atoms with E-state index in [4.69, 9.17) is 4.42 Å². The SMILES string of the molecule is CCN(CC)Cc1cc(C(=O)N2C[C@@H](C)[C@](O)(C3CC3)C2)c(C)o1. The van der Waals surface area contributed by atoms with Crippen LogP contribution in [-0.2, 0) is 6.54 Å². The summed E-state index contributed by atoms with van der Waals surface area (Å²) in [4.78, 5) is 17.0. The molecule has 0 spiro atoms. The Morgan fingerprint density at radius 2 is 2.08 bits per heavy atom. The third kappa shape index (κ3) is 3.11. The first-order chi connectivity index (χ1) is 11.4. The van der Waals surface area contributed by atoms with Crippen molar-refractivity contribution in [3.8, 4) is 0 Å². The fourth-order valence-corrected chi connectivity index (χ4v) is 3.96. The minimum absolute atomic E-state index is 0.00882. The van der Waals surface area contributed by atoms with Gasteiger partial charge in [-0.15, -0.1) is 0 Å². The number of hydrogen-bond donors (Lipinski definition) is 1. The molecule has 1 aromatic rings. The first-order valence-corrected chi connectivity index (χ1v) is 9.22. The van der Waals surface area contributed by atoms with E-state index in [-0.39, 0.29) is 11.8 Å². The van der Waals surface area contributed by atoms with Crippen molar-refractivity contribution in [2.24, 2.45) is 11.8 Å². The summed E-state index contributed by atoms with van der Waals surface area (Å²) in [6, 6.07) is 1.88. The number of rotatable bonds is 6. The Hall–Kier alpha value is -1.33. The smallest absolute Gasteiger partial charge is 0.257 e. The van der Waals surface area contributed by atoms with Gasteiger partial charge in [-0.2, -0.15) is 0 Å². The third-order valence-corrected chi connectivity index (χ3v) is 5.84. The second-order valence-corrected chi connectivity index (χ2v) is 7.50. The highest BCUT2D eigenvalue weighted by Gasteiger charge is 2.53. The number of aliphatic hydroxyl groups is 1. The largest absolute Gasteiger partial charge is 0.464 e. The van der Waals surface area contributed by atoms with E-state index in [0.717, 1.165) is 38.2 Å². The van der Waals surface area contributed by atoms with Crippen LogP contribution in [0.15, 0.2) is 10.5 Å². The summed E-state index contributed by atoms with van der Waals surface area (Å²) in [5.41, 5.74) is -0.0541. The molecule has 2 atom stereocenters. The predicted molar refractivity (Wildman–Crippen MR) is 92.8 cm³/mol. The standard InChI is InChI=1S/C19H30N2O3/c1-5-20(6-2)11-16-9-17(14(4)24-16)18(22)21-10-13(3)19(23,12-21)15-7-8-15/h9,13,15,23H,5-8,10-12H2,1-4H3/t13-,19+/m1/s1. The molecule has 0 radical (unpaired) electrons. The number of hydrogen-bond acceptors (Lipinski definition) is 4. The van der Waals surface area contributed by atoms with Gasteiger partial charge in [-0.1, -0.05) is 20.8 Å². The zero-order valence-electron chi connectivity index (χ0n) is 15.3. The van der Waals surface area contributed by atoms with Crippen LogP contribution in [0.4, 0.5) is 0 Å². The lowest BCUT2D eigenvalue weighted by Crippen LogP contribution is -2.40. The molecule has 2 aliphatic rings. The molecular formula is C19H30N2O3. The quantitative estimate of drug-likeness (QED) is 0.869. The molecule has 1 aromatic heterocycles.